The van der Waals surface area contributed by atoms with Gasteiger partial charge >= 0.3 is 13.4 Å². The largest absolute Gasteiger partial charge is 0.796 e. The minimum atomic E-state index is -3.06. The van der Waals surface area contributed by atoms with E-state index in [1.54, 1.807) is 36.4 Å². The topological polar surface area (TPSA) is 52.6 Å². The summed E-state index contributed by atoms with van der Waals surface area (Å²) in [7, 11) is -3.06. The highest BCUT2D eigenvalue weighted by Crippen LogP contribution is 2.22. The number of benzene rings is 1. The molecule has 1 unspecified atom stereocenters. The Labute approximate surface area is 158 Å². The first kappa shape index (κ1) is 19.8. The van der Waals surface area contributed by atoms with Crippen LogP contribution in [-0.4, -0.2) is 25.3 Å². The van der Waals surface area contributed by atoms with Gasteiger partial charge in [0.25, 0.3) is 0 Å². The van der Waals surface area contributed by atoms with Crippen molar-refractivity contribution >= 4 is 40.9 Å². The molecule has 0 radical (unpaired) electrons. The molecule has 1 aliphatic carbocycles. The third kappa shape index (κ3) is 5.80. The minimum absolute atomic E-state index is 0.230. The monoisotopic (exact) mass is 422 g/mol. The molecule has 0 N–H and O–H groups in total. The van der Waals surface area contributed by atoms with E-state index in [2.05, 4.69) is 27.2 Å². The van der Waals surface area contributed by atoms with Gasteiger partial charge in [0.2, 0.25) is 0 Å². The van der Waals surface area contributed by atoms with Gasteiger partial charge < -0.3 is 9.39 Å². The van der Waals surface area contributed by atoms with Gasteiger partial charge in [-0.25, -0.2) is 13.4 Å². The van der Waals surface area contributed by atoms with Gasteiger partial charge in [-0.05, 0) is 18.2 Å². The molecule has 0 fully saturated rings. The molecule has 0 saturated carbocycles. The molecular weight excluding hydrogens is 409 g/mol. The van der Waals surface area contributed by atoms with E-state index in [0.717, 1.165) is 16.6 Å². The van der Waals surface area contributed by atoms with Crippen LogP contribution in [-0.2, 0) is 19.0 Å². The summed E-state index contributed by atoms with van der Waals surface area (Å²) in [6.07, 6.45) is 6.47. The summed E-state index contributed by atoms with van der Waals surface area (Å²) in [4.78, 5) is 23.5. The normalized spacial score (nSPS) is 16.5. The van der Waals surface area contributed by atoms with Crippen molar-refractivity contribution in [1.82, 2.24) is 0 Å². The molecule has 0 spiro atoms. The van der Waals surface area contributed by atoms with Crippen LogP contribution in [0.15, 0.2) is 71.3 Å². The number of halogens is 3. The Kier molecular flexibility index (Phi) is 7.09. The van der Waals surface area contributed by atoms with E-state index in [0.29, 0.717) is 17.6 Å². The van der Waals surface area contributed by atoms with E-state index in [-0.39, 0.29) is 5.76 Å². The molecular formula is C18H14BBrF2O4. The van der Waals surface area contributed by atoms with E-state index < -0.39 is 25.3 Å². The maximum Gasteiger partial charge on any atom is 0.796 e. The lowest BCUT2D eigenvalue weighted by Gasteiger charge is -2.15. The molecule has 26 heavy (non-hydrogen) atoms. The molecule has 0 amide bonds. The first-order valence-electron chi connectivity index (χ1n) is 7.57. The maximum atomic E-state index is 12.7. The average Bonchev–Trinajstić information content (AvgIpc) is 2.62. The highest BCUT2D eigenvalue weighted by atomic mass is 79.9. The minimum Gasteiger partial charge on any atom is -0.505 e. The summed E-state index contributed by atoms with van der Waals surface area (Å²) in [6, 6.07) is 6.42. The lowest BCUT2D eigenvalue weighted by Crippen LogP contribution is -2.16. The molecule has 0 aliphatic heterocycles. The van der Waals surface area contributed by atoms with Gasteiger partial charge in [0.15, 0.2) is 5.78 Å². The van der Waals surface area contributed by atoms with Crippen molar-refractivity contribution in [2.75, 3.05) is 0 Å². The van der Waals surface area contributed by atoms with Crippen molar-refractivity contribution in [1.29, 1.82) is 0 Å². The molecule has 8 heteroatoms. The van der Waals surface area contributed by atoms with Crippen molar-refractivity contribution in [3.8, 4) is 0 Å². The van der Waals surface area contributed by atoms with Crippen LogP contribution in [0.25, 0.3) is 5.76 Å². The SMILES string of the molecule is C=CC(=O)OC1C=CC(C(=O)/C=C(\OB(F)F)c2ccc(Br)cc2)=CC1. The summed E-state index contributed by atoms with van der Waals surface area (Å²) in [6.45, 7) is 3.31. The number of ether oxygens (including phenoxy) is 1. The van der Waals surface area contributed by atoms with Gasteiger partial charge in [0.1, 0.15) is 11.9 Å². The second-order valence-electron chi connectivity index (χ2n) is 5.19. The van der Waals surface area contributed by atoms with Gasteiger partial charge in [0.05, 0.1) is 0 Å². The van der Waals surface area contributed by atoms with Crippen LogP contribution in [0.4, 0.5) is 8.63 Å². The molecule has 134 valence electrons. The van der Waals surface area contributed by atoms with Crippen molar-refractivity contribution in [3.05, 3.63) is 76.8 Å². The summed E-state index contributed by atoms with van der Waals surface area (Å²) < 4.78 is 35.7. The Morgan fingerprint density at radius 2 is 1.96 bits per heavy atom. The molecule has 1 aliphatic rings. The summed E-state index contributed by atoms with van der Waals surface area (Å²) in [5.41, 5.74) is 0.642. The Balaban J connectivity index is 2.15. The molecule has 2 rings (SSSR count). The number of rotatable bonds is 7. The first-order chi connectivity index (χ1) is 12.4. The van der Waals surface area contributed by atoms with Gasteiger partial charge in [-0.3, -0.25) is 4.79 Å². The molecule has 1 aromatic carbocycles. The van der Waals surface area contributed by atoms with Gasteiger partial charge in [-0.1, -0.05) is 46.8 Å². The number of ketones is 1. The Bertz CT molecular complexity index is 785. The number of hydrogen-bond acceptors (Lipinski definition) is 4. The van der Waals surface area contributed by atoms with Crippen molar-refractivity contribution in [2.24, 2.45) is 0 Å². The Hall–Kier alpha value is -2.48. The zero-order chi connectivity index (χ0) is 19.1. The van der Waals surface area contributed by atoms with Crippen molar-refractivity contribution < 1.29 is 27.6 Å². The average molecular weight is 423 g/mol. The second kappa shape index (κ2) is 9.29. The number of esters is 1. The van der Waals surface area contributed by atoms with Crippen LogP contribution in [0.1, 0.15) is 12.0 Å². The van der Waals surface area contributed by atoms with Crippen LogP contribution >= 0.6 is 15.9 Å². The summed E-state index contributed by atoms with van der Waals surface area (Å²) >= 11 is 3.25. The standard InChI is InChI=1S/C18H14BBrF2O4/c1-2-18(24)25-15-9-5-12(6-10-15)16(23)11-17(26-19(21)22)13-3-7-14(20)8-4-13/h2-9,11,15H,1,10H2/b17-11-. The molecule has 0 bridgehead atoms. The fraction of sp³-hybridized carbons (Fsp3) is 0.111. The fourth-order valence-corrected chi connectivity index (χ4v) is 2.43. The fourth-order valence-electron chi connectivity index (χ4n) is 2.17. The van der Waals surface area contributed by atoms with Crippen LogP contribution < -0.4 is 0 Å². The lowest BCUT2D eigenvalue weighted by molar-refractivity contribution is -0.140. The molecule has 4 nitrogen and oxygen atoms in total. The third-order valence-corrected chi connectivity index (χ3v) is 3.91. The van der Waals surface area contributed by atoms with E-state index in [1.165, 1.54) is 6.08 Å². The summed E-state index contributed by atoms with van der Waals surface area (Å²) in [5.74, 6) is -1.29. The van der Waals surface area contributed by atoms with Crippen LogP contribution in [0.5, 0.6) is 0 Å². The predicted octanol–water partition coefficient (Wildman–Crippen LogP) is 4.28. The smallest absolute Gasteiger partial charge is 0.505 e. The number of carbonyl (C=O) groups excluding carboxylic acids is 2. The zero-order valence-electron chi connectivity index (χ0n) is 13.5. The molecule has 0 saturated heterocycles. The van der Waals surface area contributed by atoms with Gasteiger partial charge in [-0.2, -0.15) is 0 Å². The van der Waals surface area contributed by atoms with Gasteiger partial charge in [-0.15, -0.1) is 0 Å². The van der Waals surface area contributed by atoms with E-state index in [4.69, 9.17) is 4.74 Å². The third-order valence-electron chi connectivity index (χ3n) is 3.39. The first-order valence-corrected chi connectivity index (χ1v) is 8.36. The van der Waals surface area contributed by atoms with Crippen LogP contribution in [0.2, 0.25) is 0 Å². The van der Waals surface area contributed by atoms with Crippen LogP contribution in [0, 0.1) is 0 Å². The Morgan fingerprint density at radius 3 is 2.50 bits per heavy atom. The molecule has 1 aromatic rings. The number of hydrogen-bond donors (Lipinski definition) is 0. The molecule has 0 heterocycles. The van der Waals surface area contributed by atoms with Crippen molar-refractivity contribution in [2.45, 2.75) is 12.5 Å². The summed E-state index contributed by atoms with van der Waals surface area (Å²) in [5, 5.41) is 0. The highest BCUT2D eigenvalue weighted by Gasteiger charge is 2.22. The second-order valence-corrected chi connectivity index (χ2v) is 6.11. The quantitative estimate of drug-likeness (QED) is 0.285. The zero-order valence-corrected chi connectivity index (χ0v) is 15.1. The van der Waals surface area contributed by atoms with Crippen molar-refractivity contribution in [3.63, 3.8) is 0 Å². The van der Waals surface area contributed by atoms with E-state index >= 15 is 0 Å². The maximum absolute atomic E-state index is 12.7. The predicted molar refractivity (Wildman–Crippen MR) is 98.1 cm³/mol. The molecule has 0 aromatic heterocycles. The highest BCUT2D eigenvalue weighted by molar-refractivity contribution is 9.10. The Morgan fingerprint density at radius 1 is 1.27 bits per heavy atom. The molecule has 1 atom stereocenters. The van der Waals surface area contributed by atoms with E-state index in [9.17, 15) is 18.2 Å². The van der Waals surface area contributed by atoms with E-state index in [1.807, 2.05) is 0 Å². The lowest BCUT2D eigenvalue weighted by atomic mass is 10.00. The van der Waals surface area contributed by atoms with Gasteiger partial charge in [0, 0.05) is 34.2 Å². The number of allylic oxidation sites excluding steroid dienone is 3. The van der Waals surface area contributed by atoms with Crippen LogP contribution in [0.3, 0.4) is 0 Å². The number of carbonyl (C=O) groups is 2.